The van der Waals surface area contributed by atoms with Crippen molar-refractivity contribution in [2.75, 3.05) is 11.9 Å². The molecule has 92 valence electrons. The smallest absolute Gasteiger partial charge is 0.142 e. The van der Waals surface area contributed by atoms with Crippen LogP contribution in [0.1, 0.15) is 32.9 Å². The molecular weight excluding hydrogens is 214 g/mol. The molecule has 0 aromatic carbocycles. The van der Waals surface area contributed by atoms with E-state index in [4.69, 9.17) is 5.26 Å². The summed E-state index contributed by atoms with van der Waals surface area (Å²) < 4.78 is 0. The van der Waals surface area contributed by atoms with Gasteiger partial charge in [-0.25, -0.2) is 4.98 Å². The largest absolute Gasteiger partial charge is 0.391 e. The highest BCUT2D eigenvalue weighted by atomic mass is 16.3. The summed E-state index contributed by atoms with van der Waals surface area (Å²) >= 11 is 0. The SMILES string of the molecule is CC(C)(C)CC(O)CNc1ccnc(C#N)c1. The molecule has 0 saturated carbocycles. The number of aliphatic hydroxyl groups is 1. The third-order valence-corrected chi connectivity index (χ3v) is 2.26. The average molecular weight is 233 g/mol. The van der Waals surface area contributed by atoms with Crippen LogP contribution in [0.15, 0.2) is 18.3 Å². The number of hydrogen-bond donors (Lipinski definition) is 2. The van der Waals surface area contributed by atoms with Gasteiger partial charge in [0.15, 0.2) is 0 Å². The quantitative estimate of drug-likeness (QED) is 0.836. The van der Waals surface area contributed by atoms with E-state index >= 15 is 0 Å². The van der Waals surface area contributed by atoms with Crippen molar-refractivity contribution in [3.05, 3.63) is 24.0 Å². The van der Waals surface area contributed by atoms with Crippen molar-refractivity contribution in [2.24, 2.45) is 5.41 Å². The zero-order chi connectivity index (χ0) is 12.9. The van der Waals surface area contributed by atoms with Crippen molar-refractivity contribution in [1.29, 1.82) is 5.26 Å². The van der Waals surface area contributed by atoms with Gasteiger partial charge < -0.3 is 10.4 Å². The summed E-state index contributed by atoms with van der Waals surface area (Å²) in [5.74, 6) is 0. The Balaban J connectivity index is 2.48. The molecule has 0 bridgehead atoms. The lowest BCUT2D eigenvalue weighted by Crippen LogP contribution is -2.25. The fourth-order valence-corrected chi connectivity index (χ4v) is 1.62. The first-order chi connectivity index (χ1) is 7.90. The summed E-state index contributed by atoms with van der Waals surface area (Å²) in [4.78, 5) is 3.88. The fraction of sp³-hybridized carbons (Fsp3) is 0.538. The van der Waals surface area contributed by atoms with Crippen LogP contribution in [0.4, 0.5) is 5.69 Å². The van der Waals surface area contributed by atoms with Gasteiger partial charge in [-0.05, 0) is 24.0 Å². The van der Waals surface area contributed by atoms with E-state index in [1.54, 1.807) is 18.3 Å². The van der Waals surface area contributed by atoms with Gasteiger partial charge in [-0.15, -0.1) is 0 Å². The van der Waals surface area contributed by atoms with E-state index in [9.17, 15) is 5.11 Å². The van der Waals surface area contributed by atoms with Crippen LogP contribution in [0, 0.1) is 16.7 Å². The van der Waals surface area contributed by atoms with E-state index in [1.165, 1.54) is 0 Å². The maximum absolute atomic E-state index is 9.83. The van der Waals surface area contributed by atoms with Gasteiger partial charge in [0.25, 0.3) is 0 Å². The van der Waals surface area contributed by atoms with Crippen LogP contribution in [-0.4, -0.2) is 22.7 Å². The molecule has 0 aliphatic heterocycles. The Morgan fingerprint density at radius 3 is 2.82 bits per heavy atom. The number of nitriles is 1. The molecule has 0 radical (unpaired) electrons. The third-order valence-electron chi connectivity index (χ3n) is 2.26. The zero-order valence-corrected chi connectivity index (χ0v) is 10.6. The van der Waals surface area contributed by atoms with Gasteiger partial charge in [0, 0.05) is 18.4 Å². The van der Waals surface area contributed by atoms with Gasteiger partial charge in [-0.3, -0.25) is 0 Å². The molecule has 4 heteroatoms. The monoisotopic (exact) mass is 233 g/mol. The molecule has 17 heavy (non-hydrogen) atoms. The summed E-state index contributed by atoms with van der Waals surface area (Å²) in [5, 5.41) is 21.6. The molecule has 0 spiro atoms. The highest BCUT2D eigenvalue weighted by Crippen LogP contribution is 2.20. The second-order valence-corrected chi connectivity index (χ2v) is 5.34. The van der Waals surface area contributed by atoms with E-state index in [0.717, 1.165) is 12.1 Å². The standard InChI is InChI=1S/C13H19N3O/c1-13(2,3)7-12(17)9-16-10-4-5-15-11(6-10)8-14/h4-6,12,17H,7,9H2,1-3H3,(H,15,16). The number of anilines is 1. The minimum Gasteiger partial charge on any atom is -0.391 e. The molecule has 0 amide bonds. The molecule has 1 heterocycles. The van der Waals surface area contributed by atoms with Crippen molar-refractivity contribution in [3.63, 3.8) is 0 Å². The Morgan fingerprint density at radius 2 is 2.24 bits per heavy atom. The van der Waals surface area contributed by atoms with E-state index in [0.29, 0.717) is 12.2 Å². The Morgan fingerprint density at radius 1 is 1.53 bits per heavy atom. The highest BCUT2D eigenvalue weighted by Gasteiger charge is 2.16. The van der Waals surface area contributed by atoms with E-state index in [1.807, 2.05) is 6.07 Å². The fourth-order valence-electron chi connectivity index (χ4n) is 1.62. The van der Waals surface area contributed by atoms with Crippen molar-refractivity contribution < 1.29 is 5.11 Å². The Labute approximate surface area is 102 Å². The molecule has 0 fully saturated rings. The first kappa shape index (κ1) is 13.5. The van der Waals surface area contributed by atoms with Gasteiger partial charge in [0.2, 0.25) is 0 Å². The Kier molecular flexibility index (Phi) is 4.47. The van der Waals surface area contributed by atoms with Crippen LogP contribution < -0.4 is 5.32 Å². The molecule has 1 atom stereocenters. The summed E-state index contributed by atoms with van der Waals surface area (Å²) in [6, 6.07) is 5.43. The lowest BCUT2D eigenvalue weighted by atomic mass is 9.89. The second-order valence-electron chi connectivity index (χ2n) is 5.34. The van der Waals surface area contributed by atoms with E-state index < -0.39 is 6.10 Å². The first-order valence-electron chi connectivity index (χ1n) is 5.69. The maximum Gasteiger partial charge on any atom is 0.142 e. The van der Waals surface area contributed by atoms with Crippen molar-refractivity contribution in [3.8, 4) is 6.07 Å². The summed E-state index contributed by atoms with van der Waals surface area (Å²) in [6.45, 7) is 6.76. The lowest BCUT2D eigenvalue weighted by molar-refractivity contribution is 0.132. The van der Waals surface area contributed by atoms with Gasteiger partial charge >= 0.3 is 0 Å². The Hall–Kier alpha value is -1.60. The predicted octanol–water partition coefficient (Wildman–Crippen LogP) is 2.16. The minimum atomic E-state index is -0.395. The summed E-state index contributed by atoms with van der Waals surface area (Å²) in [5.41, 5.74) is 1.29. The zero-order valence-electron chi connectivity index (χ0n) is 10.6. The highest BCUT2D eigenvalue weighted by molar-refractivity contribution is 5.45. The number of aromatic nitrogens is 1. The van der Waals surface area contributed by atoms with Gasteiger partial charge in [-0.1, -0.05) is 20.8 Å². The maximum atomic E-state index is 9.83. The van der Waals surface area contributed by atoms with Gasteiger partial charge in [-0.2, -0.15) is 5.26 Å². The van der Waals surface area contributed by atoms with Crippen molar-refractivity contribution >= 4 is 5.69 Å². The first-order valence-corrected chi connectivity index (χ1v) is 5.69. The van der Waals surface area contributed by atoms with Crippen LogP contribution in [0.5, 0.6) is 0 Å². The molecular formula is C13H19N3O. The average Bonchev–Trinajstić information content (AvgIpc) is 2.24. The number of hydrogen-bond acceptors (Lipinski definition) is 4. The molecule has 0 aliphatic rings. The molecule has 2 N–H and O–H groups in total. The lowest BCUT2D eigenvalue weighted by Gasteiger charge is -2.22. The molecule has 1 unspecified atom stereocenters. The Bertz CT molecular complexity index is 404. The second kappa shape index (κ2) is 5.65. The number of rotatable bonds is 4. The number of nitrogens with one attached hydrogen (secondary N) is 1. The minimum absolute atomic E-state index is 0.108. The number of aliphatic hydroxyl groups excluding tert-OH is 1. The van der Waals surface area contributed by atoms with E-state index in [-0.39, 0.29) is 5.41 Å². The van der Waals surface area contributed by atoms with Gasteiger partial charge in [0.05, 0.1) is 6.10 Å². The predicted molar refractivity (Wildman–Crippen MR) is 67.5 cm³/mol. The number of pyridine rings is 1. The number of nitrogens with zero attached hydrogens (tertiary/aromatic N) is 2. The molecule has 0 saturated heterocycles. The topological polar surface area (TPSA) is 68.9 Å². The molecule has 1 aromatic rings. The van der Waals surface area contributed by atoms with Crippen LogP contribution >= 0.6 is 0 Å². The van der Waals surface area contributed by atoms with Crippen molar-refractivity contribution in [2.45, 2.75) is 33.3 Å². The third kappa shape index (κ3) is 5.32. The summed E-state index contributed by atoms with van der Waals surface area (Å²) in [7, 11) is 0. The molecule has 0 aliphatic carbocycles. The normalized spacial score (nSPS) is 12.9. The van der Waals surface area contributed by atoms with E-state index in [2.05, 4.69) is 31.1 Å². The van der Waals surface area contributed by atoms with Crippen LogP contribution in [0.2, 0.25) is 0 Å². The molecule has 1 rings (SSSR count). The molecule has 1 aromatic heterocycles. The summed E-state index contributed by atoms with van der Waals surface area (Å²) in [6.07, 6.45) is 1.92. The van der Waals surface area contributed by atoms with Crippen LogP contribution in [-0.2, 0) is 0 Å². The van der Waals surface area contributed by atoms with Gasteiger partial charge in [0.1, 0.15) is 11.8 Å². The van der Waals surface area contributed by atoms with Crippen LogP contribution in [0.3, 0.4) is 0 Å². The van der Waals surface area contributed by atoms with Crippen molar-refractivity contribution in [1.82, 2.24) is 4.98 Å². The van der Waals surface area contributed by atoms with Crippen LogP contribution in [0.25, 0.3) is 0 Å². The molecule has 4 nitrogen and oxygen atoms in total.